The molecule has 0 saturated heterocycles. The molecule has 2 heterocycles. The smallest absolute Gasteiger partial charge is 0.329 e. The number of rotatable bonds is 6. The van der Waals surface area contributed by atoms with Crippen molar-refractivity contribution in [2.24, 2.45) is 11.8 Å². The first-order valence-corrected chi connectivity index (χ1v) is 13.6. The molecule has 1 aromatic carbocycles. The van der Waals surface area contributed by atoms with E-state index in [0.717, 1.165) is 5.56 Å². The molecular weight excluding hydrogens is 490 g/mol. The molecule has 1 aliphatic heterocycles. The zero-order valence-electron chi connectivity index (χ0n) is 22.1. The Balaban J connectivity index is 2.03. The van der Waals surface area contributed by atoms with Crippen molar-refractivity contribution in [1.29, 1.82) is 0 Å². The number of aliphatic hydroxyl groups is 1. The van der Waals surface area contributed by atoms with Gasteiger partial charge in [-0.25, -0.2) is 9.78 Å². The van der Waals surface area contributed by atoms with Crippen LogP contribution in [0.1, 0.15) is 74.6 Å². The molecule has 37 heavy (non-hydrogen) atoms. The highest BCUT2D eigenvalue weighted by Crippen LogP contribution is 2.27. The second-order valence-corrected chi connectivity index (χ2v) is 10.9. The van der Waals surface area contributed by atoms with E-state index in [-0.39, 0.29) is 42.3 Å². The lowest BCUT2D eigenvalue weighted by molar-refractivity contribution is -0.154. The second-order valence-electron chi connectivity index (χ2n) is 9.96. The van der Waals surface area contributed by atoms with Crippen LogP contribution in [0, 0.1) is 11.8 Å². The third-order valence-corrected chi connectivity index (χ3v) is 7.47. The van der Waals surface area contributed by atoms with Crippen LogP contribution in [-0.4, -0.2) is 46.1 Å². The summed E-state index contributed by atoms with van der Waals surface area (Å²) in [5.41, 5.74) is 1.52. The summed E-state index contributed by atoms with van der Waals surface area (Å²) in [6, 6.07) is 8.05. The fourth-order valence-corrected chi connectivity index (χ4v) is 5.21. The topological polar surface area (TPSA) is 118 Å². The molecule has 8 nitrogen and oxygen atoms in total. The summed E-state index contributed by atoms with van der Waals surface area (Å²) in [7, 11) is 0. The van der Waals surface area contributed by atoms with E-state index >= 15 is 0 Å². The maximum absolute atomic E-state index is 13.4. The maximum atomic E-state index is 13.4. The Morgan fingerprint density at radius 3 is 2.46 bits per heavy atom. The van der Waals surface area contributed by atoms with Crippen LogP contribution in [0.3, 0.4) is 0 Å². The summed E-state index contributed by atoms with van der Waals surface area (Å²) in [5.74, 6) is -1.66. The van der Waals surface area contributed by atoms with Crippen LogP contribution in [0.4, 0.5) is 0 Å². The standard InChI is InChI=1S/C28H37N3O5S/c1-6-20(32)14-23-17(4)12-18(5)25(33)31-24(16(2)3)27-30-22(15-37-27)26(34)29-21(28(35)36-23)13-19-10-8-7-9-11-19/h7-12,15-17,20-21,23-24,32H,6,13-14H2,1-5H3,(H,29,34)(H,31,33)/t17-,20+,21-,23-,24+/m1/s1. The molecule has 200 valence electrons. The lowest BCUT2D eigenvalue weighted by Gasteiger charge is -2.27. The van der Waals surface area contributed by atoms with E-state index in [1.165, 1.54) is 11.3 Å². The highest BCUT2D eigenvalue weighted by Gasteiger charge is 2.31. The largest absolute Gasteiger partial charge is 0.460 e. The van der Waals surface area contributed by atoms with Crippen LogP contribution in [0.15, 0.2) is 47.4 Å². The zero-order valence-corrected chi connectivity index (χ0v) is 22.9. The Labute approximate surface area is 222 Å². The van der Waals surface area contributed by atoms with Crippen LogP contribution in [-0.2, 0) is 20.7 Å². The first kappa shape index (κ1) is 28.5. The average molecular weight is 528 g/mol. The van der Waals surface area contributed by atoms with Crippen molar-refractivity contribution in [3.05, 3.63) is 63.6 Å². The third-order valence-electron chi connectivity index (χ3n) is 6.55. The first-order chi connectivity index (χ1) is 17.6. The number of hydrogen-bond acceptors (Lipinski definition) is 7. The van der Waals surface area contributed by atoms with Gasteiger partial charge in [0, 0.05) is 29.7 Å². The van der Waals surface area contributed by atoms with Gasteiger partial charge in [-0.15, -0.1) is 11.3 Å². The Bertz CT molecular complexity index is 1110. The van der Waals surface area contributed by atoms with E-state index in [2.05, 4.69) is 15.6 Å². The van der Waals surface area contributed by atoms with Gasteiger partial charge in [0.25, 0.3) is 5.91 Å². The predicted octanol–water partition coefficient (Wildman–Crippen LogP) is 3.97. The molecule has 0 unspecified atom stereocenters. The third kappa shape index (κ3) is 7.72. The van der Waals surface area contributed by atoms with E-state index in [0.29, 0.717) is 17.0 Å². The molecule has 9 heteroatoms. The second kappa shape index (κ2) is 13.0. The van der Waals surface area contributed by atoms with Crippen LogP contribution >= 0.6 is 11.3 Å². The number of aliphatic hydroxyl groups excluding tert-OH is 1. The number of aromatic nitrogens is 1. The minimum atomic E-state index is -0.954. The Kier molecular flexibility index (Phi) is 10.00. The summed E-state index contributed by atoms with van der Waals surface area (Å²) >= 11 is 1.29. The number of ether oxygens (including phenoxy) is 1. The average Bonchev–Trinajstić information content (AvgIpc) is 3.35. The maximum Gasteiger partial charge on any atom is 0.329 e. The minimum absolute atomic E-state index is 0.0371. The SMILES string of the molecule is CC[C@H](O)C[C@H]1OC(=O)[C@@H](Cc2ccccc2)NC(=O)c2csc(n2)[C@H](C(C)C)NC(=O)C(C)=C[C@H]1C. The van der Waals surface area contributed by atoms with E-state index in [9.17, 15) is 19.5 Å². The molecular formula is C28H37N3O5S. The van der Waals surface area contributed by atoms with Crippen molar-refractivity contribution in [2.45, 2.75) is 78.2 Å². The number of carbonyl (C=O) groups excluding carboxylic acids is 3. The minimum Gasteiger partial charge on any atom is -0.460 e. The number of hydrogen-bond donors (Lipinski definition) is 3. The molecule has 0 fully saturated rings. The number of carbonyl (C=O) groups is 3. The molecule has 0 aliphatic carbocycles. The van der Waals surface area contributed by atoms with Gasteiger partial charge in [0.1, 0.15) is 22.8 Å². The molecule has 5 atom stereocenters. The van der Waals surface area contributed by atoms with Gasteiger partial charge in [0.15, 0.2) is 0 Å². The quantitative estimate of drug-likeness (QED) is 0.490. The predicted molar refractivity (Wildman–Crippen MR) is 143 cm³/mol. The molecule has 3 rings (SSSR count). The monoisotopic (exact) mass is 527 g/mol. The van der Waals surface area contributed by atoms with Gasteiger partial charge in [0.05, 0.1) is 12.1 Å². The van der Waals surface area contributed by atoms with E-state index in [1.54, 1.807) is 18.4 Å². The van der Waals surface area contributed by atoms with Crippen molar-refractivity contribution in [2.75, 3.05) is 0 Å². The van der Waals surface area contributed by atoms with Crippen molar-refractivity contribution in [1.82, 2.24) is 15.6 Å². The zero-order chi connectivity index (χ0) is 27.1. The summed E-state index contributed by atoms with van der Waals surface area (Å²) in [4.78, 5) is 44.2. The summed E-state index contributed by atoms with van der Waals surface area (Å²) < 4.78 is 5.92. The molecule has 2 aromatic rings. The highest BCUT2D eigenvalue weighted by molar-refractivity contribution is 7.09. The van der Waals surface area contributed by atoms with Gasteiger partial charge < -0.3 is 20.5 Å². The Morgan fingerprint density at radius 1 is 1.11 bits per heavy atom. The Hall–Kier alpha value is -3.04. The molecule has 1 aromatic heterocycles. The number of benzene rings is 1. The molecule has 2 bridgehead atoms. The van der Waals surface area contributed by atoms with Gasteiger partial charge in [0.2, 0.25) is 5.91 Å². The molecule has 1 aliphatic rings. The number of amides is 2. The van der Waals surface area contributed by atoms with Crippen LogP contribution < -0.4 is 10.6 Å². The molecule has 2 amide bonds. The van der Waals surface area contributed by atoms with Gasteiger partial charge in [-0.2, -0.15) is 0 Å². The lowest BCUT2D eigenvalue weighted by Crippen LogP contribution is -2.45. The van der Waals surface area contributed by atoms with Crippen LogP contribution in [0.25, 0.3) is 0 Å². The number of thiazole rings is 1. The molecule has 0 spiro atoms. The fourth-order valence-electron chi connectivity index (χ4n) is 4.19. The molecule has 3 N–H and O–H groups in total. The van der Waals surface area contributed by atoms with Crippen LogP contribution in [0.5, 0.6) is 0 Å². The first-order valence-electron chi connectivity index (χ1n) is 12.8. The fraction of sp³-hybridized carbons (Fsp3) is 0.500. The Morgan fingerprint density at radius 2 is 1.81 bits per heavy atom. The normalized spacial score (nSPS) is 24.3. The number of nitrogens with one attached hydrogen (secondary N) is 2. The summed E-state index contributed by atoms with van der Waals surface area (Å²) in [6.07, 6.45) is 1.36. The van der Waals surface area contributed by atoms with Crippen molar-refractivity contribution in [3.8, 4) is 0 Å². The number of fused-ring (bicyclic) bond motifs is 2. The van der Waals surface area contributed by atoms with E-state index in [1.807, 2.05) is 58.0 Å². The lowest BCUT2D eigenvalue weighted by atomic mass is 9.95. The van der Waals surface area contributed by atoms with E-state index < -0.39 is 30.1 Å². The summed E-state index contributed by atoms with van der Waals surface area (Å²) in [6.45, 7) is 9.38. The summed E-state index contributed by atoms with van der Waals surface area (Å²) in [5, 5.41) is 18.5. The van der Waals surface area contributed by atoms with Gasteiger partial charge in [-0.1, -0.05) is 64.1 Å². The van der Waals surface area contributed by atoms with Gasteiger partial charge >= 0.3 is 5.97 Å². The van der Waals surface area contributed by atoms with Gasteiger partial charge in [-0.05, 0) is 24.8 Å². The van der Waals surface area contributed by atoms with Gasteiger partial charge in [-0.3, -0.25) is 9.59 Å². The molecule has 0 saturated carbocycles. The number of esters is 1. The van der Waals surface area contributed by atoms with Crippen molar-refractivity contribution >= 4 is 29.1 Å². The van der Waals surface area contributed by atoms with Crippen molar-refractivity contribution < 1.29 is 24.2 Å². The molecule has 0 radical (unpaired) electrons. The van der Waals surface area contributed by atoms with Crippen molar-refractivity contribution in [3.63, 3.8) is 0 Å². The number of cyclic esters (lactones) is 1. The van der Waals surface area contributed by atoms with E-state index in [4.69, 9.17) is 4.74 Å². The highest BCUT2D eigenvalue weighted by atomic mass is 32.1. The number of nitrogens with zero attached hydrogens (tertiary/aromatic N) is 1. The van der Waals surface area contributed by atoms with Crippen LogP contribution in [0.2, 0.25) is 0 Å².